The molecule has 1 heterocycles. The van der Waals surface area contributed by atoms with Gasteiger partial charge in [-0.1, -0.05) is 55.8 Å². The van der Waals surface area contributed by atoms with Crippen LogP contribution in [0.5, 0.6) is 0 Å². The minimum Gasteiger partial charge on any atom is -0.341 e. The summed E-state index contributed by atoms with van der Waals surface area (Å²) in [6.07, 6.45) is 0.441. The fourth-order valence-electron chi connectivity index (χ4n) is 4.55. The highest BCUT2D eigenvalue weighted by atomic mass is 35.5. The van der Waals surface area contributed by atoms with Gasteiger partial charge in [-0.25, -0.2) is 4.39 Å². The van der Waals surface area contributed by atoms with Gasteiger partial charge in [0.2, 0.25) is 11.8 Å². The van der Waals surface area contributed by atoms with E-state index in [0.717, 1.165) is 5.56 Å². The van der Waals surface area contributed by atoms with Crippen LogP contribution < -0.4 is 5.73 Å². The molecule has 0 aliphatic carbocycles. The lowest BCUT2D eigenvalue weighted by Crippen LogP contribution is -2.55. The Morgan fingerprint density at radius 3 is 2.26 bits per heavy atom. The molecule has 2 aromatic carbocycles. The topological polar surface area (TPSA) is 69.9 Å². The zero-order valence-electron chi connectivity index (χ0n) is 20.8. The third kappa shape index (κ3) is 7.03. The summed E-state index contributed by atoms with van der Waals surface area (Å²) < 4.78 is 14.8. The zero-order chi connectivity index (χ0) is 25.5. The number of carbonyl (C=O) groups is 2. The van der Waals surface area contributed by atoms with Crippen LogP contribution in [0.2, 0.25) is 5.02 Å². The molecule has 0 spiro atoms. The van der Waals surface area contributed by atoms with Crippen molar-refractivity contribution in [3.8, 4) is 0 Å². The van der Waals surface area contributed by atoms with E-state index in [1.807, 2.05) is 39.0 Å². The summed E-state index contributed by atoms with van der Waals surface area (Å²) in [4.78, 5) is 31.5. The van der Waals surface area contributed by atoms with Crippen LogP contribution in [0.25, 0.3) is 0 Å². The predicted octanol–water partition coefficient (Wildman–Crippen LogP) is 3.74. The van der Waals surface area contributed by atoms with E-state index in [9.17, 15) is 14.0 Å². The Bertz CT molecular complexity index is 993. The summed E-state index contributed by atoms with van der Waals surface area (Å²) in [6.45, 7) is 8.81. The van der Waals surface area contributed by atoms with Crippen molar-refractivity contribution in [2.75, 3.05) is 39.3 Å². The Kier molecular flexibility index (Phi) is 9.66. The van der Waals surface area contributed by atoms with Gasteiger partial charge in [0.25, 0.3) is 0 Å². The normalized spacial score (nSPS) is 16.3. The van der Waals surface area contributed by atoms with Crippen molar-refractivity contribution in [2.24, 2.45) is 11.7 Å². The van der Waals surface area contributed by atoms with Crippen LogP contribution in [-0.4, -0.2) is 71.8 Å². The van der Waals surface area contributed by atoms with E-state index in [2.05, 4.69) is 4.90 Å². The second-order valence-electron chi connectivity index (χ2n) is 9.37. The second kappa shape index (κ2) is 12.5. The maximum atomic E-state index is 14.8. The molecule has 35 heavy (non-hydrogen) atoms. The average Bonchev–Trinajstić information content (AvgIpc) is 2.86. The number of rotatable bonds is 9. The van der Waals surface area contributed by atoms with Gasteiger partial charge in [-0.2, -0.15) is 0 Å². The number of nitrogens with zero attached hydrogens (tertiary/aromatic N) is 3. The van der Waals surface area contributed by atoms with Gasteiger partial charge in [-0.15, -0.1) is 0 Å². The maximum absolute atomic E-state index is 14.8. The first-order valence-corrected chi connectivity index (χ1v) is 12.6. The second-order valence-corrected chi connectivity index (χ2v) is 9.80. The fourth-order valence-corrected chi connectivity index (χ4v) is 4.68. The molecule has 2 atom stereocenters. The Morgan fingerprint density at radius 2 is 1.69 bits per heavy atom. The van der Waals surface area contributed by atoms with Gasteiger partial charge in [-0.3, -0.25) is 14.5 Å². The standard InChI is InChI=1S/C27H36ClFN4O2/c1-4-31(26(34)19(2)3)18-25(22-7-5-6-8-23(22)29)32-13-15-33(16-14-32)27(35)24(30)17-20-9-11-21(28)12-10-20/h5-12,19,24-25H,4,13-18,30H2,1-3H3. The molecule has 8 heteroatoms. The summed E-state index contributed by atoms with van der Waals surface area (Å²) in [5.41, 5.74) is 7.77. The summed E-state index contributed by atoms with van der Waals surface area (Å²) >= 11 is 5.94. The molecule has 1 aliphatic rings. The van der Waals surface area contributed by atoms with E-state index >= 15 is 0 Å². The molecule has 1 fully saturated rings. The molecule has 0 aromatic heterocycles. The van der Waals surface area contributed by atoms with Gasteiger partial charge >= 0.3 is 0 Å². The number of hydrogen-bond acceptors (Lipinski definition) is 4. The van der Waals surface area contributed by atoms with Crippen LogP contribution in [0.15, 0.2) is 48.5 Å². The first-order valence-electron chi connectivity index (χ1n) is 12.3. The average molecular weight is 503 g/mol. The van der Waals surface area contributed by atoms with Gasteiger partial charge in [0.1, 0.15) is 5.82 Å². The minimum atomic E-state index is -0.635. The summed E-state index contributed by atoms with van der Waals surface area (Å²) in [7, 11) is 0. The van der Waals surface area contributed by atoms with Crippen molar-refractivity contribution in [3.63, 3.8) is 0 Å². The van der Waals surface area contributed by atoms with Crippen LogP contribution in [0.3, 0.4) is 0 Å². The van der Waals surface area contributed by atoms with Crippen molar-refractivity contribution < 1.29 is 14.0 Å². The summed E-state index contributed by atoms with van der Waals surface area (Å²) in [5.74, 6) is -0.454. The van der Waals surface area contributed by atoms with Gasteiger partial charge in [0.05, 0.1) is 12.1 Å². The van der Waals surface area contributed by atoms with Crippen LogP contribution in [0.1, 0.15) is 37.9 Å². The van der Waals surface area contributed by atoms with E-state index in [-0.39, 0.29) is 29.6 Å². The SMILES string of the molecule is CCN(CC(c1ccccc1F)N1CCN(C(=O)C(N)Cc2ccc(Cl)cc2)CC1)C(=O)C(C)C. The van der Waals surface area contributed by atoms with E-state index in [1.165, 1.54) is 6.07 Å². The van der Waals surface area contributed by atoms with Crippen LogP contribution >= 0.6 is 11.6 Å². The number of amides is 2. The molecular formula is C27H36ClFN4O2. The lowest BCUT2D eigenvalue weighted by atomic mass is 10.0. The maximum Gasteiger partial charge on any atom is 0.239 e. The number of nitrogens with two attached hydrogens (primary N) is 1. The Labute approximate surface area is 212 Å². The largest absolute Gasteiger partial charge is 0.341 e. The number of carbonyl (C=O) groups excluding carboxylic acids is 2. The highest BCUT2D eigenvalue weighted by molar-refractivity contribution is 6.30. The number of benzene rings is 2. The molecule has 2 unspecified atom stereocenters. The molecular weight excluding hydrogens is 467 g/mol. The molecule has 2 N–H and O–H groups in total. The van der Waals surface area contributed by atoms with Crippen molar-refractivity contribution in [1.82, 2.24) is 14.7 Å². The van der Waals surface area contributed by atoms with E-state index < -0.39 is 6.04 Å². The van der Waals surface area contributed by atoms with Crippen molar-refractivity contribution >= 4 is 23.4 Å². The highest BCUT2D eigenvalue weighted by Crippen LogP contribution is 2.27. The number of halogens is 2. The number of hydrogen-bond donors (Lipinski definition) is 1. The fraction of sp³-hybridized carbons (Fsp3) is 0.481. The lowest BCUT2D eigenvalue weighted by molar-refractivity contribution is -0.136. The number of piperazine rings is 1. The van der Waals surface area contributed by atoms with Crippen molar-refractivity contribution in [1.29, 1.82) is 0 Å². The van der Waals surface area contributed by atoms with Crippen molar-refractivity contribution in [3.05, 3.63) is 70.5 Å². The molecule has 190 valence electrons. The van der Waals surface area contributed by atoms with Gasteiger partial charge < -0.3 is 15.5 Å². The van der Waals surface area contributed by atoms with Crippen molar-refractivity contribution in [2.45, 2.75) is 39.3 Å². The Hall–Kier alpha value is -2.48. The van der Waals surface area contributed by atoms with Crippen LogP contribution in [0, 0.1) is 11.7 Å². The molecule has 1 aliphatic heterocycles. The van der Waals surface area contributed by atoms with Crippen LogP contribution in [-0.2, 0) is 16.0 Å². The third-order valence-corrected chi connectivity index (χ3v) is 6.85. The first-order chi connectivity index (χ1) is 16.7. The molecule has 2 amide bonds. The molecule has 0 bridgehead atoms. The van der Waals surface area contributed by atoms with Crippen LogP contribution in [0.4, 0.5) is 4.39 Å². The van der Waals surface area contributed by atoms with E-state index in [4.69, 9.17) is 17.3 Å². The molecule has 0 saturated carbocycles. The van der Waals surface area contributed by atoms with Gasteiger partial charge in [0, 0.05) is 55.8 Å². The smallest absolute Gasteiger partial charge is 0.239 e. The first kappa shape index (κ1) is 27.1. The molecule has 0 radical (unpaired) electrons. The summed E-state index contributed by atoms with van der Waals surface area (Å²) in [5, 5.41) is 0.644. The number of likely N-dealkylation sites (N-methyl/N-ethyl adjacent to an activating group) is 1. The summed E-state index contributed by atoms with van der Waals surface area (Å²) in [6, 6.07) is 13.1. The van der Waals surface area contributed by atoms with E-state index in [1.54, 1.807) is 34.1 Å². The zero-order valence-corrected chi connectivity index (χ0v) is 21.5. The van der Waals surface area contributed by atoms with E-state index in [0.29, 0.717) is 56.3 Å². The monoisotopic (exact) mass is 502 g/mol. The molecule has 3 rings (SSSR count). The highest BCUT2D eigenvalue weighted by Gasteiger charge is 2.32. The molecule has 2 aromatic rings. The Balaban J connectivity index is 1.69. The minimum absolute atomic E-state index is 0.0517. The lowest BCUT2D eigenvalue weighted by Gasteiger charge is -2.42. The van der Waals surface area contributed by atoms with Gasteiger partial charge in [-0.05, 0) is 37.1 Å². The Morgan fingerprint density at radius 1 is 1.06 bits per heavy atom. The third-order valence-electron chi connectivity index (χ3n) is 6.60. The predicted molar refractivity (Wildman–Crippen MR) is 138 cm³/mol. The molecule has 6 nitrogen and oxygen atoms in total. The quantitative estimate of drug-likeness (QED) is 0.567. The molecule has 1 saturated heterocycles. The van der Waals surface area contributed by atoms with Gasteiger partial charge in [0.15, 0.2) is 0 Å².